The van der Waals surface area contributed by atoms with Crippen molar-refractivity contribution in [2.75, 3.05) is 32.6 Å². The molecule has 0 aromatic heterocycles. The Labute approximate surface area is 159 Å². The third-order valence-electron chi connectivity index (χ3n) is 4.25. The highest BCUT2D eigenvalue weighted by Crippen LogP contribution is 2.31. The number of anilines is 1. The van der Waals surface area contributed by atoms with Gasteiger partial charge in [0, 0.05) is 25.8 Å². The lowest BCUT2D eigenvalue weighted by Gasteiger charge is -2.30. The number of carbonyl (C=O) groups excluding carboxylic acids is 2. The van der Waals surface area contributed by atoms with E-state index in [4.69, 9.17) is 0 Å². The number of nitrogens with one attached hydrogen (secondary N) is 1. The summed E-state index contributed by atoms with van der Waals surface area (Å²) in [5.41, 5.74) is 1.73. The van der Waals surface area contributed by atoms with Gasteiger partial charge in [0.2, 0.25) is 5.91 Å². The molecule has 2 amide bonds. The Balaban J connectivity index is 1.87. The third kappa shape index (κ3) is 4.19. The van der Waals surface area contributed by atoms with Crippen LogP contribution in [0.5, 0.6) is 5.75 Å². The van der Waals surface area contributed by atoms with Crippen LogP contribution in [0.4, 0.5) is 18.9 Å². The van der Waals surface area contributed by atoms with Crippen LogP contribution in [0.25, 0.3) is 11.1 Å². The SMILES string of the molecule is CN(C)C(=O)CN1CNc2cc(-c3cc(F)cc(OC(F)F)c3)ccc2C1=O. The van der Waals surface area contributed by atoms with E-state index in [-0.39, 0.29) is 30.8 Å². The van der Waals surface area contributed by atoms with E-state index in [0.29, 0.717) is 22.4 Å². The van der Waals surface area contributed by atoms with Gasteiger partial charge in [-0.3, -0.25) is 9.59 Å². The molecule has 6 nitrogen and oxygen atoms in total. The number of amides is 2. The first-order valence-electron chi connectivity index (χ1n) is 8.37. The molecule has 0 atom stereocenters. The van der Waals surface area contributed by atoms with Gasteiger partial charge in [0.25, 0.3) is 5.91 Å². The third-order valence-corrected chi connectivity index (χ3v) is 4.25. The highest BCUT2D eigenvalue weighted by atomic mass is 19.3. The Morgan fingerprint density at radius 3 is 2.64 bits per heavy atom. The predicted octanol–water partition coefficient (Wildman–Crippen LogP) is 3.01. The van der Waals surface area contributed by atoms with Gasteiger partial charge >= 0.3 is 6.61 Å². The van der Waals surface area contributed by atoms with Crippen molar-refractivity contribution in [1.29, 1.82) is 0 Å². The molecule has 1 heterocycles. The zero-order valence-electron chi connectivity index (χ0n) is 15.2. The predicted molar refractivity (Wildman–Crippen MR) is 96.7 cm³/mol. The molecular formula is C19H18F3N3O3. The Kier molecular flexibility index (Phi) is 5.43. The summed E-state index contributed by atoms with van der Waals surface area (Å²) in [6, 6.07) is 8.10. The van der Waals surface area contributed by atoms with E-state index in [9.17, 15) is 22.8 Å². The first-order chi connectivity index (χ1) is 13.2. The average molecular weight is 393 g/mol. The van der Waals surface area contributed by atoms with Crippen molar-refractivity contribution in [3.8, 4) is 16.9 Å². The van der Waals surface area contributed by atoms with Crippen LogP contribution < -0.4 is 10.1 Å². The maximum atomic E-state index is 13.8. The lowest BCUT2D eigenvalue weighted by atomic mass is 10.0. The number of hydrogen-bond donors (Lipinski definition) is 1. The molecular weight excluding hydrogens is 375 g/mol. The molecule has 9 heteroatoms. The Bertz CT molecular complexity index is 919. The van der Waals surface area contributed by atoms with Gasteiger partial charge in [-0.05, 0) is 35.4 Å². The average Bonchev–Trinajstić information content (AvgIpc) is 2.62. The molecule has 0 radical (unpaired) electrons. The number of alkyl halides is 2. The minimum atomic E-state index is -3.06. The monoisotopic (exact) mass is 393 g/mol. The smallest absolute Gasteiger partial charge is 0.387 e. The van der Waals surface area contributed by atoms with E-state index in [1.165, 1.54) is 21.9 Å². The lowest BCUT2D eigenvalue weighted by Crippen LogP contribution is -2.45. The number of halogens is 3. The molecule has 1 aliphatic heterocycles. The van der Waals surface area contributed by atoms with Crippen molar-refractivity contribution in [1.82, 2.24) is 9.80 Å². The van der Waals surface area contributed by atoms with E-state index < -0.39 is 12.4 Å². The van der Waals surface area contributed by atoms with Crippen LogP contribution in [-0.2, 0) is 4.79 Å². The summed E-state index contributed by atoms with van der Waals surface area (Å²) in [5.74, 6) is -1.53. The molecule has 0 saturated carbocycles. The fraction of sp³-hybridized carbons (Fsp3) is 0.263. The van der Waals surface area contributed by atoms with Crippen LogP contribution in [-0.4, -0.2) is 55.5 Å². The van der Waals surface area contributed by atoms with E-state index in [2.05, 4.69) is 10.1 Å². The lowest BCUT2D eigenvalue weighted by molar-refractivity contribution is -0.129. The van der Waals surface area contributed by atoms with Crippen molar-refractivity contribution in [3.05, 3.63) is 47.8 Å². The van der Waals surface area contributed by atoms with Crippen LogP contribution in [0.15, 0.2) is 36.4 Å². The van der Waals surface area contributed by atoms with Crippen molar-refractivity contribution in [3.63, 3.8) is 0 Å². The quantitative estimate of drug-likeness (QED) is 0.849. The van der Waals surface area contributed by atoms with Gasteiger partial charge in [0.1, 0.15) is 18.1 Å². The van der Waals surface area contributed by atoms with Crippen molar-refractivity contribution in [2.24, 2.45) is 0 Å². The standard InChI is InChI=1S/C19H18F3N3O3/c1-24(2)17(26)9-25-10-23-16-7-11(3-4-15(16)18(25)27)12-5-13(20)8-14(6-12)28-19(21)22/h3-8,19,23H,9-10H2,1-2H3. The molecule has 0 spiro atoms. The summed E-state index contributed by atoms with van der Waals surface area (Å²) in [6.07, 6.45) is 0. The number of hydrogen-bond acceptors (Lipinski definition) is 4. The zero-order valence-corrected chi connectivity index (χ0v) is 15.2. The Morgan fingerprint density at radius 2 is 1.96 bits per heavy atom. The Hall–Kier alpha value is -3.23. The second kappa shape index (κ2) is 7.79. The van der Waals surface area contributed by atoms with Gasteiger partial charge in [-0.2, -0.15) is 8.78 Å². The molecule has 0 saturated heterocycles. The highest BCUT2D eigenvalue weighted by Gasteiger charge is 2.26. The minimum absolute atomic E-state index is 0.0573. The highest BCUT2D eigenvalue weighted by molar-refractivity contribution is 6.03. The molecule has 3 rings (SSSR count). The van der Waals surface area contributed by atoms with E-state index in [0.717, 1.165) is 6.07 Å². The van der Waals surface area contributed by atoms with Crippen LogP contribution >= 0.6 is 0 Å². The summed E-state index contributed by atoms with van der Waals surface area (Å²) in [5, 5.41) is 3.05. The number of rotatable bonds is 5. The van der Waals surface area contributed by atoms with Crippen LogP contribution in [0, 0.1) is 5.82 Å². The molecule has 28 heavy (non-hydrogen) atoms. The number of benzene rings is 2. The van der Waals surface area contributed by atoms with Crippen molar-refractivity contribution >= 4 is 17.5 Å². The van der Waals surface area contributed by atoms with Gasteiger partial charge in [-0.25, -0.2) is 4.39 Å². The maximum absolute atomic E-state index is 13.8. The van der Waals surface area contributed by atoms with Crippen LogP contribution in [0.3, 0.4) is 0 Å². The number of carbonyl (C=O) groups is 2. The fourth-order valence-electron chi connectivity index (χ4n) is 2.81. The van der Waals surface area contributed by atoms with Crippen LogP contribution in [0.2, 0.25) is 0 Å². The summed E-state index contributed by atoms with van der Waals surface area (Å²) in [6.45, 7) is -2.98. The fourth-order valence-corrected chi connectivity index (χ4v) is 2.81. The van der Waals surface area contributed by atoms with E-state index in [1.807, 2.05) is 0 Å². The first-order valence-corrected chi connectivity index (χ1v) is 8.37. The largest absolute Gasteiger partial charge is 0.435 e. The summed E-state index contributed by atoms with van der Waals surface area (Å²) < 4.78 is 42.9. The molecule has 0 unspecified atom stereocenters. The van der Waals surface area contributed by atoms with E-state index in [1.54, 1.807) is 32.3 Å². The summed E-state index contributed by atoms with van der Waals surface area (Å²) in [7, 11) is 3.21. The second-order valence-electron chi connectivity index (χ2n) is 6.44. The van der Waals surface area contributed by atoms with Gasteiger partial charge in [0.05, 0.1) is 12.2 Å². The number of fused-ring (bicyclic) bond motifs is 1. The van der Waals surface area contributed by atoms with Gasteiger partial charge in [0.15, 0.2) is 0 Å². The van der Waals surface area contributed by atoms with Crippen molar-refractivity contribution < 1.29 is 27.5 Å². The number of ether oxygens (including phenoxy) is 1. The maximum Gasteiger partial charge on any atom is 0.387 e. The number of nitrogens with zero attached hydrogens (tertiary/aromatic N) is 2. The first kappa shape index (κ1) is 19.5. The molecule has 1 N–H and O–H groups in total. The Morgan fingerprint density at radius 1 is 1.21 bits per heavy atom. The second-order valence-corrected chi connectivity index (χ2v) is 6.44. The van der Waals surface area contributed by atoms with Gasteiger partial charge in [-0.1, -0.05) is 6.07 Å². The number of likely N-dealkylation sites (N-methyl/N-ethyl adjacent to an activating group) is 1. The molecule has 0 aliphatic carbocycles. The zero-order chi connectivity index (χ0) is 20.4. The summed E-state index contributed by atoms with van der Waals surface area (Å²) >= 11 is 0. The van der Waals surface area contributed by atoms with Crippen molar-refractivity contribution in [2.45, 2.75) is 6.61 Å². The molecule has 2 aromatic carbocycles. The topological polar surface area (TPSA) is 61.9 Å². The van der Waals surface area contributed by atoms with E-state index >= 15 is 0 Å². The molecule has 2 aromatic rings. The van der Waals surface area contributed by atoms with Gasteiger partial charge < -0.3 is 19.9 Å². The normalized spacial score (nSPS) is 13.2. The molecule has 0 bridgehead atoms. The molecule has 148 valence electrons. The van der Waals surface area contributed by atoms with Crippen LogP contribution in [0.1, 0.15) is 10.4 Å². The molecule has 0 fully saturated rings. The van der Waals surface area contributed by atoms with Gasteiger partial charge in [-0.15, -0.1) is 0 Å². The summed E-state index contributed by atoms with van der Waals surface area (Å²) in [4.78, 5) is 27.2. The minimum Gasteiger partial charge on any atom is -0.435 e. The molecule has 1 aliphatic rings.